The molecule has 1 aromatic heterocycles. The Morgan fingerprint density at radius 2 is 1.07 bits per heavy atom. The topological polar surface area (TPSA) is 13.1 Å². The zero-order valence-corrected chi connectivity index (χ0v) is 20.4. The first-order valence-corrected chi connectivity index (χ1v) is 11.4. The Bertz CT molecular complexity index is 746. The quantitative estimate of drug-likeness (QED) is 0.321. The fourth-order valence-corrected chi connectivity index (χ4v) is 3.66. The Morgan fingerprint density at radius 3 is 1.48 bits per heavy atom. The van der Waals surface area contributed by atoms with Crippen LogP contribution in [0, 0.1) is 20.8 Å². The zero-order valence-electron chi connectivity index (χ0n) is 20.4. The molecule has 0 amide bonds. The average molecular weight is 397 g/mol. The zero-order chi connectivity index (χ0) is 21.8. The molecule has 1 rings (SSSR count). The molecule has 0 N–H and O–H groups in total. The van der Waals surface area contributed by atoms with E-state index in [0.29, 0.717) is 0 Å². The number of hydrogen-bond donors (Lipinski definition) is 0. The van der Waals surface area contributed by atoms with Crippen LogP contribution in [0.15, 0.2) is 51.0 Å². The van der Waals surface area contributed by atoms with Crippen molar-refractivity contribution < 1.29 is 4.42 Å². The van der Waals surface area contributed by atoms with E-state index in [4.69, 9.17) is 4.42 Å². The Hall–Kier alpha value is -1.76. The molecule has 0 aliphatic carbocycles. The molecule has 0 atom stereocenters. The van der Waals surface area contributed by atoms with Gasteiger partial charge in [-0.1, -0.05) is 46.6 Å². The van der Waals surface area contributed by atoms with Gasteiger partial charge in [0.25, 0.3) is 0 Å². The summed E-state index contributed by atoms with van der Waals surface area (Å²) in [6.07, 6.45) is 18.8. The third-order valence-corrected chi connectivity index (χ3v) is 5.75. The van der Waals surface area contributed by atoms with E-state index in [-0.39, 0.29) is 0 Å². The van der Waals surface area contributed by atoms with Crippen LogP contribution < -0.4 is 0 Å². The van der Waals surface area contributed by atoms with Gasteiger partial charge in [-0.3, -0.25) is 0 Å². The normalized spacial score (nSPS) is 13.2. The van der Waals surface area contributed by atoms with Crippen molar-refractivity contribution in [2.75, 3.05) is 0 Å². The standard InChI is InChI=1S/C28H44O/c1-21(2)13-9-14-22(3)15-10-16-23(4)17-11-18-24(5)19-12-20-28-25(6)26(7)29-27(28)8/h13,15,17,19H,9-12,14,16,18,20H2,1-8H3/b22-15+,23-17+,24-19+. The van der Waals surface area contributed by atoms with Gasteiger partial charge in [-0.25, -0.2) is 0 Å². The van der Waals surface area contributed by atoms with E-state index in [0.717, 1.165) is 37.2 Å². The lowest BCUT2D eigenvalue weighted by atomic mass is 10.0. The maximum Gasteiger partial charge on any atom is 0.104 e. The smallest absolute Gasteiger partial charge is 0.104 e. The van der Waals surface area contributed by atoms with Gasteiger partial charge >= 0.3 is 0 Å². The fourth-order valence-electron chi connectivity index (χ4n) is 3.66. The van der Waals surface area contributed by atoms with Gasteiger partial charge < -0.3 is 4.42 Å². The van der Waals surface area contributed by atoms with Crippen LogP contribution in [0.3, 0.4) is 0 Å². The summed E-state index contributed by atoms with van der Waals surface area (Å²) < 4.78 is 5.73. The predicted molar refractivity (Wildman–Crippen MR) is 130 cm³/mol. The van der Waals surface area contributed by atoms with Crippen molar-refractivity contribution in [3.63, 3.8) is 0 Å². The summed E-state index contributed by atoms with van der Waals surface area (Å²) in [5.74, 6) is 2.16. The van der Waals surface area contributed by atoms with Gasteiger partial charge in [-0.05, 0) is 118 Å². The van der Waals surface area contributed by atoms with E-state index in [9.17, 15) is 0 Å². The molecule has 0 aliphatic rings. The van der Waals surface area contributed by atoms with Gasteiger partial charge in [0.2, 0.25) is 0 Å². The van der Waals surface area contributed by atoms with E-state index in [1.54, 1.807) is 0 Å². The Kier molecular flexibility index (Phi) is 11.7. The Balaban J connectivity index is 2.30. The molecular formula is C28H44O. The second-order valence-corrected chi connectivity index (χ2v) is 8.91. The van der Waals surface area contributed by atoms with Crippen molar-refractivity contribution in [3.05, 3.63) is 69.2 Å². The Morgan fingerprint density at radius 1 is 0.621 bits per heavy atom. The van der Waals surface area contributed by atoms with Crippen molar-refractivity contribution >= 4 is 0 Å². The van der Waals surface area contributed by atoms with E-state index in [1.807, 2.05) is 0 Å². The minimum atomic E-state index is 1.07. The lowest BCUT2D eigenvalue weighted by Crippen LogP contribution is -1.88. The largest absolute Gasteiger partial charge is 0.466 e. The molecule has 0 aromatic carbocycles. The van der Waals surface area contributed by atoms with Crippen molar-refractivity contribution in [1.82, 2.24) is 0 Å². The van der Waals surface area contributed by atoms with Crippen LogP contribution in [-0.2, 0) is 6.42 Å². The molecular weight excluding hydrogens is 352 g/mol. The monoisotopic (exact) mass is 396 g/mol. The summed E-state index contributed by atoms with van der Waals surface area (Å²) in [4.78, 5) is 0. The van der Waals surface area contributed by atoms with Crippen LogP contribution in [-0.4, -0.2) is 0 Å². The van der Waals surface area contributed by atoms with Gasteiger partial charge in [0.05, 0.1) is 0 Å². The van der Waals surface area contributed by atoms with Crippen LogP contribution in [0.2, 0.25) is 0 Å². The van der Waals surface area contributed by atoms with Gasteiger partial charge in [0.1, 0.15) is 11.5 Å². The SMILES string of the molecule is CC(C)=CCC/C(C)=C/CC/C(C)=C/CC/C(C)=C/CCc1c(C)oc(C)c1C. The minimum Gasteiger partial charge on any atom is -0.466 e. The molecule has 1 heteroatoms. The first-order valence-electron chi connectivity index (χ1n) is 11.4. The molecule has 0 bridgehead atoms. The van der Waals surface area contributed by atoms with Crippen molar-refractivity contribution in [3.8, 4) is 0 Å². The minimum absolute atomic E-state index is 1.07. The maximum atomic E-state index is 5.73. The molecule has 29 heavy (non-hydrogen) atoms. The van der Waals surface area contributed by atoms with E-state index in [2.05, 4.69) is 79.7 Å². The number of aryl methyl sites for hydroxylation is 2. The average Bonchev–Trinajstić information content (AvgIpc) is 2.87. The number of rotatable bonds is 12. The lowest BCUT2D eigenvalue weighted by Gasteiger charge is -2.03. The molecule has 0 fully saturated rings. The second-order valence-electron chi connectivity index (χ2n) is 8.91. The third-order valence-electron chi connectivity index (χ3n) is 5.75. The van der Waals surface area contributed by atoms with Crippen molar-refractivity contribution in [1.29, 1.82) is 0 Å². The summed E-state index contributed by atoms with van der Waals surface area (Å²) >= 11 is 0. The van der Waals surface area contributed by atoms with Gasteiger partial charge in [-0.2, -0.15) is 0 Å². The molecule has 0 spiro atoms. The maximum absolute atomic E-state index is 5.73. The van der Waals surface area contributed by atoms with Crippen molar-refractivity contribution in [2.45, 2.75) is 107 Å². The Labute approximate surface area is 180 Å². The van der Waals surface area contributed by atoms with Gasteiger partial charge in [-0.15, -0.1) is 0 Å². The molecule has 0 aliphatic heterocycles. The lowest BCUT2D eigenvalue weighted by molar-refractivity contribution is 0.499. The van der Waals surface area contributed by atoms with Crippen LogP contribution in [0.1, 0.15) is 102 Å². The van der Waals surface area contributed by atoms with Gasteiger partial charge in [0, 0.05) is 0 Å². The highest BCUT2D eigenvalue weighted by molar-refractivity contribution is 5.31. The van der Waals surface area contributed by atoms with Crippen LogP contribution >= 0.6 is 0 Å². The molecule has 0 radical (unpaired) electrons. The molecule has 0 saturated heterocycles. The third kappa shape index (κ3) is 10.5. The first-order chi connectivity index (χ1) is 13.7. The van der Waals surface area contributed by atoms with Crippen LogP contribution in [0.25, 0.3) is 0 Å². The second kappa shape index (κ2) is 13.5. The van der Waals surface area contributed by atoms with Crippen molar-refractivity contribution in [2.24, 2.45) is 0 Å². The summed E-state index contributed by atoms with van der Waals surface area (Å²) in [5, 5.41) is 0. The molecule has 1 nitrogen and oxygen atoms in total. The summed E-state index contributed by atoms with van der Waals surface area (Å²) in [6.45, 7) is 17.5. The first kappa shape index (κ1) is 25.3. The van der Waals surface area contributed by atoms with E-state index < -0.39 is 0 Å². The van der Waals surface area contributed by atoms with E-state index >= 15 is 0 Å². The molecule has 162 valence electrons. The number of hydrogen-bond acceptors (Lipinski definition) is 1. The summed E-state index contributed by atoms with van der Waals surface area (Å²) in [7, 11) is 0. The highest BCUT2D eigenvalue weighted by Gasteiger charge is 2.09. The molecule has 0 saturated carbocycles. The van der Waals surface area contributed by atoms with Gasteiger partial charge in [0.15, 0.2) is 0 Å². The summed E-state index contributed by atoms with van der Waals surface area (Å²) in [5.41, 5.74) is 8.68. The molecule has 0 unspecified atom stereocenters. The van der Waals surface area contributed by atoms with Crippen LogP contribution in [0.5, 0.6) is 0 Å². The number of allylic oxidation sites excluding steroid dienone is 8. The van der Waals surface area contributed by atoms with Crippen LogP contribution in [0.4, 0.5) is 0 Å². The highest BCUT2D eigenvalue weighted by Crippen LogP contribution is 2.22. The van der Waals surface area contributed by atoms with E-state index in [1.165, 1.54) is 59.1 Å². The summed E-state index contributed by atoms with van der Waals surface area (Å²) in [6, 6.07) is 0. The fraction of sp³-hybridized carbons (Fsp3) is 0.571. The molecule has 1 aromatic rings. The number of furan rings is 1. The predicted octanol–water partition coefficient (Wildman–Crippen LogP) is 9.28. The highest BCUT2D eigenvalue weighted by atomic mass is 16.3. The molecule has 1 heterocycles.